The van der Waals surface area contributed by atoms with E-state index in [4.69, 9.17) is 22.0 Å². The molecule has 0 amide bonds. The average molecular weight is 402 g/mol. The van der Waals surface area contributed by atoms with Gasteiger partial charge in [0.1, 0.15) is 6.04 Å². The molecule has 29 heavy (non-hydrogen) atoms. The molecule has 2 aliphatic rings. The average Bonchev–Trinajstić information content (AvgIpc) is 3.16. The molecule has 0 spiro atoms. The summed E-state index contributed by atoms with van der Waals surface area (Å²) in [5.41, 5.74) is 3.83. The van der Waals surface area contributed by atoms with Gasteiger partial charge in [-0.05, 0) is 42.7 Å². The highest BCUT2D eigenvalue weighted by Crippen LogP contribution is 2.41. The molecule has 0 saturated carbocycles. The first-order valence-electron chi connectivity index (χ1n) is 9.40. The Morgan fingerprint density at radius 1 is 1.14 bits per heavy atom. The number of fused-ring (bicyclic) bond motifs is 1. The van der Waals surface area contributed by atoms with E-state index >= 15 is 0 Å². The first kappa shape index (κ1) is 17.7. The molecule has 0 saturated heterocycles. The monoisotopic (exact) mass is 401 g/mol. The highest BCUT2D eigenvalue weighted by molar-refractivity contribution is 6.33. The summed E-state index contributed by atoms with van der Waals surface area (Å²) in [4.78, 5) is 17.5. The maximum Gasteiger partial charge on any atom is 0.226 e. The maximum absolute atomic E-state index is 12.8. The summed E-state index contributed by atoms with van der Waals surface area (Å²) in [6.45, 7) is 0. The molecular weight excluding hydrogens is 386 g/mol. The standard InChI is InChI=1S/C22H16ClN5O/c23-16-5-2-1-4-15(16)21-26-22-25-17-6-3-7-18(29)19(17)20(28(22)27-21)14-10-8-13(12-24)9-11-14/h1-2,4-5,8-11,20H,3,6-7H2,(H,25,26,27). The number of carbonyl (C=O) groups excluding carboxylic acids is 1. The fourth-order valence-electron chi connectivity index (χ4n) is 3.96. The highest BCUT2D eigenvalue weighted by Gasteiger charge is 2.37. The molecule has 1 N–H and O–H groups in total. The van der Waals surface area contributed by atoms with Crippen LogP contribution in [0.25, 0.3) is 11.4 Å². The Morgan fingerprint density at radius 2 is 1.93 bits per heavy atom. The van der Waals surface area contributed by atoms with Crippen LogP contribution in [0.4, 0.5) is 5.95 Å². The molecule has 7 heteroatoms. The van der Waals surface area contributed by atoms with Crippen molar-refractivity contribution in [3.8, 4) is 17.5 Å². The van der Waals surface area contributed by atoms with Crippen LogP contribution in [0, 0.1) is 11.3 Å². The van der Waals surface area contributed by atoms with Gasteiger partial charge in [-0.15, -0.1) is 5.10 Å². The second-order valence-corrected chi connectivity index (χ2v) is 7.52. The number of ketones is 1. The van der Waals surface area contributed by atoms with Crippen molar-refractivity contribution in [2.24, 2.45) is 0 Å². The van der Waals surface area contributed by atoms with Gasteiger partial charge in [0.05, 0.1) is 16.7 Å². The highest BCUT2D eigenvalue weighted by atomic mass is 35.5. The molecule has 2 aromatic carbocycles. The number of nitrogens with one attached hydrogen (secondary N) is 1. The van der Waals surface area contributed by atoms with E-state index < -0.39 is 0 Å². The van der Waals surface area contributed by atoms with Gasteiger partial charge >= 0.3 is 0 Å². The molecule has 142 valence electrons. The minimum Gasteiger partial charge on any atom is -0.328 e. The number of allylic oxidation sites excluding steroid dienone is 2. The third kappa shape index (κ3) is 2.91. The van der Waals surface area contributed by atoms with Gasteiger partial charge in [-0.3, -0.25) is 4.79 Å². The predicted octanol–water partition coefficient (Wildman–Crippen LogP) is 4.49. The lowest BCUT2D eigenvalue weighted by molar-refractivity contribution is -0.116. The predicted molar refractivity (Wildman–Crippen MR) is 109 cm³/mol. The van der Waals surface area contributed by atoms with E-state index in [2.05, 4.69) is 16.4 Å². The van der Waals surface area contributed by atoms with E-state index in [9.17, 15) is 4.79 Å². The van der Waals surface area contributed by atoms with Gasteiger partial charge in [0.25, 0.3) is 0 Å². The lowest BCUT2D eigenvalue weighted by Gasteiger charge is -2.32. The van der Waals surface area contributed by atoms with Crippen LogP contribution < -0.4 is 5.32 Å². The fourth-order valence-corrected chi connectivity index (χ4v) is 4.18. The zero-order chi connectivity index (χ0) is 20.0. The number of hydrogen-bond acceptors (Lipinski definition) is 5. The molecule has 3 aromatic rings. The third-order valence-electron chi connectivity index (χ3n) is 5.34. The van der Waals surface area contributed by atoms with Gasteiger partial charge < -0.3 is 5.32 Å². The van der Waals surface area contributed by atoms with E-state index in [1.807, 2.05) is 30.3 Å². The van der Waals surface area contributed by atoms with Crippen LogP contribution in [-0.2, 0) is 4.79 Å². The van der Waals surface area contributed by atoms with E-state index in [1.54, 1.807) is 22.9 Å². The number of aromatic nitrogens is 3. The van der Waals surface area contributed by atoms with Gasteiger partial charge in [-0.1, -0.05) is 35.9 Å². The zero-order valence-electron chi connectivity index (χ0n) is 15.4. The number of hydrogen-bond donors (Lipinski definition) is 1. The minimum atomic E-state index is -0.384. The molecule has 0 radical (unpaired) electrons. The van der Waals surface area contributed by atoms with Gasteiger partial charge in [0.15, 0.2) is 11.6 Å². The second-order valence-electron chi connectivity index (χ2n) is 7.11. The number of Topliss-reactive ketones (excluding diaryl/α,β-unsaturated/α-hetero) is 1. The van der Waals surface area contributed by atoms with E-state index in [0.717, 1.165) is 35.2 Å². The SMILES string of the molecule is N#Cc1ccc(C2C3=C(CCCC3=O)Nc3nc(-c4ccccc4Cl)nn32)cc1. The zero-order valence-corrected chi connectivity index (χ0v) is 16.1. The summed E-state index contributed by atoms with van der Waals surface area (Å²) >= 11 is 6.35. The quantitative estimate of drug-likeness (QED) is 0.683. The number of halogens is 1. The van der Waals surface area contributed by atoms with E-state index in [1.165, 1.54) is 0 Å². The van der Waals surface area contributed by atoms with Crippen molar-refractivity contribution in [1.29, 1.82) is 5.26 Å². The van der Waals surface area contributed by atoms with Gasteiger partial charge in [0, 0.05) is 23.3 Å². The molecule has 0 fully saturated rings. The van der Waals surface area contributed by atoms with Crippen LogP contribution in [0.3, 0.4) is 0 Å². The first-order valence-corrected chi connectivity index (χ1v) is 9.78. The van der Waals surface area contributed by atoms with Crippen molar-refractivity contribution in [2.45, 2.75) is 25.3 Å². The Labute approximate surface area is 172 Å². The summed E-state index contributed by atoms with van der Waals surface area (Å²) in [7, 11) is 0. The van der Waals surface area contributed by atoms with Crippen molar-refractivity contribution in [3.63, 3.8) is 0 Å². The molecule has 6 nitrogen and oxygen atoms in total. The normalized spacial score (nSPS) is 17.9. The van der Waals surface area contributed by atoms with Crippen molar-refractivity contribution < 1.29 is 4.79 Å². The number of benzene rings is 2. The summed E-state index contributed by atoms with van der Waals surface area (Å²) in [6, 6.07) is 16.4. The molecule has 1 atom stereocenters. The molecule has 1 aliphatic carbocycles. The van der Waals surface area contributed by atoms with E-state index in [-0.39, 0.29) is 11.8 Å². The Morgan fingerprint density at radius 3 is 2.69 bits per heavy atom. The smallest absolute Gasteiger partial charge is 0.226 e. The number of nitriles is 1. The Bertz CT molecular complexity index is 1200. The molecular formula is C22H16ClN5O. The summed E-state index contributed by atoms with van der Waals surface area (Å²) in [5.74, 6) is 1.21. The molecule has 1 aliphatic heterocycles. The van der Waals surface area contributed by atoms with Crippen molar-refractivity contribution in [3.05, 3.63) is 76.0 Å². The van der Waals surface area contributed by atoms with Crippen LogP contribution in [0.5, 0.6) is 0 Å². The number of rotatable bonds is 2. The Balaban J connectivity index is 1.68. The molecule has 1 aromatic heterocycles. The van der Waals surface area contributed by atoms with Crippen LogP contribution in [-0.4, -0.2) is 20.5 Å². The molecule has 0 bridgehead atoms. The fraction of sp³-hybridized carbons (Fsp3) is 0.182. The second kappa shape index (κ2) is 6.87. The Kier molecular flexibility index (Phi) is 4.18. The van der Waals surface area contributed by atoms with Crippen molar-refractivity contribution >= 4 is 23.3 Å². The van der Waals surface area contributed by atoms with Crippen LogP contribution in [0.15, 0.2) is 59.8 Å². The summed E-state index contributed by atoms with van der Waals surface area (Å²) < 4.78 is 1.75. The lowest BCUT2D eigenvalue weighted by Crippen LogP contribution is -2.31. The first-order chi connectivity index (χ1) is 14.2. The molecule has 2 heterocycles. The van der Waals surface area contributed by atoms with Crippen LogP contribution in [0.1, 0.15) is 36.4 Å². The maximum atomic E-state index is 12.8. The number of carbonyl (C=O) groups is 1. The van der Waals surface area contributed by atoms with Gasteiger partial charge in [-0.25, -0.2) is 4.68 Å². The number of anilines is 1. The minimum absolute atomic E-state index is 0.119. The van der Waals surface area contributed by atoms with Crippen LogP contribution in [0.2, 0.25) is 5.02 Å². The molecule has 5 rings (SSSR count). The Hall–Kier alpha value is -3.43. The largest absolute Gasteiger partial charge is 0.328 e. The summed E-state index contributed by atoms with van der Waals surface area (Å²) in [5, 5.41) is 17.7. The summed E-state index contributed by atoms with van der Waals surface area (Å²) in [6.07, 6.45) is 2.13. The lowest BCUT2D eigenvalue weighted by atomic mass is 9.85. The third-order valence-corrected chi connectivity index (χ3v) is 5.67. The van der Waals surface area contributed by atoms with Crippen molar-refractivity contribution in [1.82, 2.24) is 14.8 Å². The molecule has 1 unspecified atom stereocenters. The van der Waals surface area contributed by atoms with E-state index in [0.29, 0.717) is 28.8 Å². The van der Waals surface area contributed by atoms with Gasteiger partial charge in [0.2, 0.25) is 5.95 Å². The number of nitrogens with zero attached hydrogens (tertiary/aromatic N) is 4. The van der Waals surface area contributed by atoms with Gasteiger partial charge in [-0.2, -0.15) is 10.2 Å². The topological polar surface area (TPSA) is 83.6 Å². The van der Waals surface area contributed by atoms with Crippen molar-refractivity contribution in [2.75, 3.05) is 5.32 Å². The van der Waals surface area contributed by atoms with Crippen LogP contribution >= 0.6 is 11.6 Å².